The Balaban J connectivity index is 2.02. The van der Waals surface area contributed by atoms with Crippen LogP contribution in [0, 0.1) is 12.3 Å². The first-order chi connectivity index (χ1) is 9.01. The predicted octanol–water partition coefficient (Wildman–Crippen LogP) is 3.42. The summed E-state index contributed by atoms with van der Waals surface area (Å²) in [7, 11) is 0. The fraction of sp³-hybridized carbons (Fsp3) is 0.562. The Morgan fingerprint density at radius 3 is 2.68 bits per heavy atom. The Morgan fingerprint density at radius 1 is 1.37 bits per heavy atom. The first-order valence-electron chi connectivity index (χ1n) is 6.87. The summed E-state index contributed by atoms with van der Waals surface area (Å²) in [6.45, 7) is 7.23. The molecule has 0 spiro atoms. The third-order valence-electron chi connectivity index (χ3n) is 3.88. The van der Waals surface area contributed by atoms with Crippen LogP contribution < -0.4 is 0 Å². The number of benzene rings is 1. The van der Waals surface area contributed by atoms with E-state index in [1.165, 1.54) is 5.56 Å². The van der Waals surface area contributed by atoms with Crippen molar-refractivity contribution in [3.05, 3.63) is 35.4 Å². The average molecular weight is 262 g/mol. The molecule has 1 aliphatic rings. The van der Waals surface area contributed by atoms with E-state index < -0.39 is 5.41 Å². The minimum absolute atomic E-state index is 0.107. The summed E-state index contributed by atoms with van der Waals surface area (Å²) in [5.74, 6) is -0.107. The third-order valence-corrected chi connectivity index (χ3v) is 3.88. The van der Waals surface area contributed by atoms with Gasteiger partial charge in [0.2, 0.25) is 0 Å². The molecule has 104 valence electrons. The van der Waals surface area contributed by atoms with Gasteiger partial charge in [0.15, 0.2) is 0 Å². The topological polar surface area (TPSA) is 35.5 Å². The van der Waals surface area contributed by atoms with Gasteiger partial charge in [-0.3, -0.25) is 4.79 Å². The molecule has 1 aromatic rings. The van der Waals surface area contributed by atoms with Crippen LogP contribution in [0.1, 0.15) is 43.9 Å². The number of aryl methyl sites for hydroxylation is 1. The molecule has 0 N–H and O–H groups in total. The van der Waals surface area contributed by atoms with Crippen molar-refractivity contribution in [1.82, 2.24) is 0 Å². The van der Waals surface area contributed by atoms with E-state index in [0.717, 1.165) is 18.4 Å². The zero-order valence-electron chi connectivity index (χ0n) is 11.9. The molecule has 1 fully saturated rings. The molecule has 2 rings (SSSR count). The molecular formula is C16H22O3. The van der Waals surface area contributed by atoms with E-state index in [1.807, 2.05) is 39.0 Å². The highest BCUT2D eigenvalue weighted by atomic mass is 16.5. The number of hydrogen-bond donors (Lipinski definition) is 0. The summed E-state index contributed by atoms with van der Waals surface area (Å²) in [5.41, 5.74) is 1.83. The van der Waals surface area contributed by atoms with Gasteiger partial charge < -0.3 is 9.47 Å². The molecule has 1 saturated heterocycles. The van der Waals surface area contributed by atoms with Gasteiger partial charge >= 0.3 is 5.97 Å². The Labute approximate surface area is 114 Å². The van der Waals surface area contributed by atoms with E-state index in [0.29, 0.717) is 13.2 Å². The van der Waals surface area contributed by atoms with Crippen LogP contribution in [0.5, 0.6) is 0 Å². The molecule has 1 aromatic carbocycles. The SMILES string of the molecule is Cc1cccc(C(C)OC(=O)C2(C)CCOCC2)c1. The van der Waals surface area contributed by atoms with E-state index in [9.17, 15) is 4.79 Å². The number of esters is 1. The van der Waals surface area contributed by atoms with Crippen molar-refractivity contribution in [3.63, 3.8) is 0 Å². The van der Waals surface area contributed by atoms with Crippen LogP contribution in [0.2, 0.25) is 0 Å². The van der Waals surface area contributed by atoms with Gasteiger partial charge in [0.05, 0.1) is 5.41 Å². The van der Waals surface area contributed by atoms with Crippen molar-refractivity contribution in [2.45, 2.75) is 39.7 Å². The van der Waals surface area contributed by atoms with E-state index >= 15 is 0 Å². The summed E-state index contributed by atoms with van der Waals surface area (Å²) in [6.07, 6.45) is 1.28. The molecule has 0 aliphatic carbocycles. The molecule has 0 amide bonds. The second kappa shape index (κ2) is 5.74. The van der Waals surface area contributed by atoms with Gasteiger partial charge in [0, 0.05) is 13.2 Å². The number of ether oxygens (including phenoxy) is 2. The summed E-state index contributed by atoms with van der Waals surface area (Å²) < 4.78 is 11.0. The molecule has 1 heterocycles. The lowest BCUT2D eigenvalue weighted by molar-refractivity contribution is -0.165. The second-order valence-electron chi connectivity index (χ2n) is 5.63. The highest BCUT2D eigenvalue weighted by Crippen LogP contribution is 2.33. The highest BCUT2D eigenvalue weighted by molar-refractivity contribution is 5.76. The number of carbonyl (C=O) groups is 1. The first kappa shape index (κ1) is 14.1. The first-order valence-corrected chi connectivity index (χ1v) is 6.87. The molecular weight excluding hydrogens is 240 g/mol. The standard InChI is InChI=1S/C16H22O3/c1-12-5-4-6-14(11-12)13(2)19-15(17)16(3)7-9-18-10-8-16/h4-6,11,13H,7-10H2,1-3H3. The maximum Gasteiger partial charge on any atom is 0.312 e. The van der Waals surface area contributed by atoms with Crippen molar-refractivity contribution < 1.29 is 14.3 Å². The smallest absolute Gasteiger partial charge is 0.312 e. The quantitative estimate of drug-likeness (QED) is 0.783. The van der Waals surface area contributed by atoms with E-state index in [4.69, 9.17) is 9.47 Å². The van der Waals surface area contributed by atoms with Crippen molar-refractivity contribution in [1.29, 1.82) is 0 Å². The zero-order valence-corrected chi connectivity index (χ0v) is 11.9. The average Bonchev–Trinajstić information content (AvgIpc) is 2.39. The third kappa shape index (κ3) is 3.35. The Morgan fingerprint density at radius 2 is 2.05 bits per heavy atom. The molecule has 0 bridgehead atoms. The second-order valence-corrected chi connectivity index (χ2v) is 5.63. The van der Waals surface area contributed by atoms with Crippen molar-refractivity contribution >= 4 is 5.97 Å². The number of hydrogen-bond acceptors (Lipinski definition) is 3. The van der Waals surface area contributed by atoms with Gasteiger partial charge in [-0.05, 0) is 39.2 Å². The molecule has 0 radical (unpaired) electrons. The Bertz CT molecular complexity index is 447. The van der Waals surface area contributed by atoms with Crippen molar-refractivity contribution in [2.24, 2.45) is 5.41 Å². The number of rotatable bonds is 3. The van der Waals surface area contributed by atoms with Crippen LogP contribution in [0.3, 0.4) is 0 Å². The Hall–Kier alpha value is -1.35. The van der Waals surface area contributed by atoms with Gasteiger partial charge in [-0.15, -0.1) is 0 Å². The lowest BCUT2D eigenvalue weighted by Gasteiger charge is -2.32. The molecule has 1 aliphatic heterocycles. The van der Waals surface area contributed by atoms with Crippen molar-refractivity contribution in [3.8, 4) is 0 Å². The van der Waals surface area contributed by atoms with Gasteiger partial charge in [0.1, 0.15) is 6.10 Å². The molecule has 0 saturated carbocycles. The van der Waals surface area contributed by atoms with Crippen LogP contribution >= 0.6 is 0 Å². The largest absolute Gasteiger partial charge is 0.457 e. The molecule has 1 atom stereocenters. The monoisotopic (exact) mass is 262 g/mol. The fourth-order valence-electron chi connectivity index (χ4n) is 2.32. The highest BCUT2D eigenvalue weighted by Gasteiger charge is 2.37. The van der Waals surface area contributed by atoms with Crippen LogP contribution in [0.15, 0.2) is 24.3 Å². The normalized spacial score (nSPS) is 19.7. The van der Waals surface area contributed by atoms with Gasteiger partial charge in [-0.2, -0.15) is 0 Å². The van der Waals surface area contributed by atoms with E-state index in [-0.39, 0.29) is 12.1 Å². The van der Waals surface area contributed by atoms with Gasteiger partial charge in [0.25, 0.3) is 0 Å². The number of carbonyl (C=O) groups excluding carboxylic acids is 1. The predicted molar refractivity (Wildman–Crippen MR) is 73.8 cm³/mol. The van der Waals surface area contributed by atoms with Crippen LogP contribution in [0.25, 0.3) is 0 Å². The van der Waals surface area contributed by atoms with Crippen molar-refractivity contribution in [2.75, 3.05) is 13.2 Å². The van der Waals surface area contributed by atoms with Gasteiger partial charge in [-0.1, -0.05) is 29.8 Å². The minimum atomic E-state index is -0.393. The minimum Gasteiger partial charge on any atom is -0.457 e. The van der Waals surface area contributed by atoms with Gasteiger partial charge in [-0.25, -0.2) is 0 Å². The lowest BCUT2D eigenvalue weighted by atomic mass is 9.82. The van der Waals surface area contributed by atoms with Crippen LogP contribution in [-0.2, 0) is 14.3 Å². The summed E-state index contributed by atoms with van der Waals surface area (Å²) in [5, 5.41) is 0. The zero-order chi connectivity index (χ0) is 13.9. The Kier molecular flexibility index (Phi) is 4.25. The fourth-order valence-corrected chi connectivity index (χ4v) is 2.32. The maximum atomic E-state index is 12.3. The molecule has 19 heavy (non-hydrogen) atoms. The molecule has 1 unspecified atom stereocenters. The van der Waals surface area contributed by atoms with Crippen LogP contribution in [-0.4, -0.2) is 19.2 Å². The van der Waals surface area contributed by atoms with E-state index in [2.05, 4.69) is 6.07 Å². The summed E-state index contributed by atoms with van der Waals surface area (Å²) in [6, 6.07) is 8.09. The maximum absolute atomic E-state index is 12.3. The molecule has 3 heteroatoms. The molecule has 0 aromatic heterocycles. The lowest BCUT2D eigenvalue weighted by Crippen LogP contribution is -2.36. The molecule has 3 nitrogen and oxygen atoms in total. The summed E-state index contributed by atoms with van der Waals surface area (Å²) >= 11 is 0. The van der Waals surface area contributed by atoms with E-state index in [1.54, 1.807) is 0 Å². The summed E-state index contributed by atoms with van der Waals surface area (Å²) in [4.78, 5) is 12.3. The van der Waals surface area contributed by atoms with Crippen LogP contribution in [0.4, 0.5) is 0 Å².